The molecule has 0 heterocycles. The molecule has 1 fully saturated rings. The van der Waals surface area contributed by atoms with E-state index in [1.54, 1.807) is 0 Å². The normalized spacial score (nSPS) is 16.0. The van der Waals surface area contributed by atoms with Crippen molar-refractivity contribution in [3.63, 3.8) is 0 Å². The Morgan fingerprint density at radius 1 is 1.33 bits per heavy atom. The lowest BCUT2D eigenvalue weighted by Crippen LogP contribution is -2.36. The fourth-order valence-electron chi connectivity index (χ4n) is 2.19. The summed E-state index contributed by atoms with van der Waals surface area (Å²) in [6, 6.07) is 1.67. The first-order chi connectivity index (χ1) is 9.77. The molecule has 21 heavy (non-hydrogen) atoms. The number of aliphatic hydroxyl groups excluding tert-OH is 1. The summed E-state index contributed by atoms with van der Waals surface area (Å²) in [5, 5.41) is 9.05. The predicted octanol–water partition coefficient (Wildman–Crippen LogP) is 2.27. The number of aliphatic hydroxyl groups is 1. The van der Waals surface area contributed by atoms with Crippen LogP contribution >= 0.6 is 0 Å². The molecule has 1 aromatic carbocycles. The minimum absolute atomic E-state index is 0.0350. The van der Waals surface area contributed by atoms with Crippen LogP contribution in [0, 0.1) is 17.6 Å². The minimum Gasteiger partial charge on any atom is -0.392 e. The molecule has 4 nitrogen and oxygen atoms in total. The van der Waals surface area contributed by atoms with Gasteiger partial charge in [0.05, 0.1) is 6.61 Å². The first-order valence-electron chi connectivity index (χ1n) is 6.88. The number of hydrogen-bond donors (Lipinski definition) is 1. The number of halogens is 2. The van der Waals surface area contributed by atoms with Gasteiger partial charge >= 0.3 is 0 Å². The van der Waals surface area contributed by atoms with Gasteiger partial charge in [-0.05, 0) is 36.5 Å². The van der Waals surface area contributed by atoms with Crippen LogP contribution in [0.3, 0.4) is 0 Å². The molecule has 7 heteroatoms. The van der Waals surface area contributed by atoms with E-state index in [4.69, 9.17) is 5.11 Å². The monoisotopic (exact) mass is 319 g/mol. The Morgan fingerprint density at radius 2 is 1.95 bits per heavy atom. The molecular weight excluding hydrogens is 300 g/mol. The molecule has 1 saturated carbocycles. The van der Waals surface area contributed by atoms with Crippen LogP contribution in [-0.2, 0) is 16.6 Å². The smallest absolute Gasteiger partial charge is 0.246 e. The average molecular weight is 319 g/mol. The molecule has 118 valence electrons. The second kappa shape index (κ2) is 5.98. The molecule has 0 bridgehead atoms. The maximum atomic E-state index is 13.9. The predicted molar refractivity (Wildman–Crippen MR) is 74.0 cm³/mol. The molecule has 0 amide bonds. The second-order valence-electron chi connectivity index (χ2n) is 5.75. The quantitative estimate of drug-likeness (QED) is 0.875. The lowest BCUT2D eigenvalue weighted by Gasteiger charge is -2.24. The zero-order chi connectivity index (χ0) is 15.8. The van der Waals surface area contributed by atoms with E-state index in [0.29, 0.717) is 0 Å². The summed E-state index contributed by atoms with van der Waals surface area (Å²) in [6.45, 7) is 3.45. The van der Waals surface area contributed by atoms with Crippen molar-refractivity contribution in [2.45, 2.75) is 44.2 Å². The molecule has 0 aromatic heterocycles. The van der Waals surface area contributed by atoms with Gasteiger partial charge in [0.2, 0.25) is 10.0 Å². The van der Waals surface area contributed by atoms with Gasteiger partial charge in [0.15, 0.2) is 11.6 Å². The topological polar surface area (TPSA) is 57.6 Å². The number of nitrogens with zero attached hydrogens (tertiary/aromatic N) is 1. The highest BCUT2D eigenvalue weighted by atomic mass is 32.2. The standard InChI is InChI=1S/C14H19F2NO3S/c1-9(2)7-17(11-3-4-11)21(19,20)13-6-10(8-18)5-12(15)14(13)16/h5-6,9,11,18H,3-4,7-8H2,1-2H3. The summed E-state index contributed by atoms with van der Waals surface area (Å²) in [5.41, 5.74) is 0.0350. The second-order valence-corrected chi connectivity index (χ2v) is 7.61. The summed E-state index contributed by atoms with van der Waals surface area (Å²) in [7, 11) is -4.11. The van der Waals surface area contributed by atoms with Crippen molar-refractivity contribution >= 4 is 10.0 Å². The number of benzene rings is 1. The maximum absolute atomic E-state index is 13.9. The van der Waals surface area contributed by atoms with Crippen molar-refractivity contribution in [2.75, 3.05) is 6.54 Å². The van der Waals surface area contributed by atoms with E-state index in [2.05, 4.69) is 0 Å². The van der Waals surface area contributed by atoms with E-state index >= 15 is 0 Å². The number of hydrogen-bond acceptors (Lipinski definition) is 3. The zero-order valence-electron chi connectivity index (χ0n) is 12.0. The summed E-state index contributed by atoms with van der Waals surface area (Å²) in [6.07, 6.45) is 1.46. The highest BCUT2D eigenvalue weighted by Crippen LogP contribution is 2.34. The summed E-state index contributed by atoms with van der Waals surface area (Å²) >= 11 is 0. The Balaban J connectivity index is 2.49. The van der Waals surface area contributed by atoms with Crippen LogP contribution < -0.4 is 0 Å². The molecule has 0 aliphatic heterocycles. The van der Waals surface area contributed by atoms with Crippen LogP contribution in [0.2, 0.25) is 0 Å². The van der Waals surface area contributed by atoms with Crippen molar-refractivity contribution in [3.05, 3.63) is 29.3 Å². The van der Waals surface area contributed by atoms with Gasteiger partial charge in [-0.1, -0.05) is 13.8 Å². The molecule has 0 radical (unpaired) electrons. The van der Waals surface area contributed by atoms with Gasteiger partial charge in [-0.25, -0.2) is 17.2 Å². The van der Waals surface area contributed by atoms with Gasteiger partial charge in [0.25, 0.3) is 0 Å². The van der Waals surface area contributed by atoms with Gasteiger partial charge in [-0.15, -0.1) is 0 Å². The highest BCUT2D eigenvalue weighted by Gasteiger charge is 2.40. The van der Waals surface area contributed by atoms with E-state index < -0.39 is 33.2 Å². The minimum atomic E-state index is -4.11. The third kappa shape index (κ3) is 3.41. The number of sulfonamides is 1. The van der Waals surface area contributed by atoms with Gasteiger partial charge in [-0.2, -0.15) is 4.31 Å². The molecule has 0 saturated heterocycles. The Hall–Kier alpha value is -1.05. The first-order valence-corrected chi connectivity index (χ1v) is 8.32. The van der Waals surface area contributed by atoms with Crippen molar-refractivity contribution in [2.24, 2.45) is 5.92 Å². The molecular formula is C14H19F2NO3S. The Kier molecular flexibility index (Phi) is 4.65. The van der Waals surface area contributed by atoms with Crippen molar-refractivity contribution in [3.8, 4) is 0 Å². The Bertz CT molecular complexity index is 627. The molecule has 0 spiro atoms. The van der Waals surface area contributed by atoms with E-state index in [1.807, 2.05) is 13.8 Å². The van der Waals surface area contributed by atoms with Gasteiger partial charge in [0.1, 0.15) is 4.90 Å². The van der Waals surface area contributed by atoms with Crippen LogP contribution in [0.15, 0.2) is 17.0 Å². The van der Waals surface area contributed by atoms with Crippen LogP contribution in [0.1, 0.15) is 32.3 Å². The molecule has 1 aliphatic rings. The van der Waals surface area contributed by atoms with Gasteiger partial charge < -0.3 is 5.11 Å². The van der Waals surface area contributed by atoms with Crippen LogP contribution in [-0.4, -0.2) is 30.4 Å². The Labute approximate surface area is 123 Å². The van der Waals surface area contributed by atoms with Crippen molar-refractivity contribution in [1.82, 2.24) is 4.31 Å². The van der Waals surface area contributed by atoms with E-state index in [1.165, 1.54) is 4.31 Å². The number of rotatable bonds is 6. The highest BCUT2D eigenvalue weighted by molar-refractivity contribution is 7.89. The summed E-state index contributed by atoms with van der Waals surface area (Å²) in [5.74, 6) is -2.57. The molecule has 1 aromatic rings. The fourth-order valence-corrected chi connectivity index (χ4v) is 4.16. The largest absolute Gasteiger partial charge is 0.392 e. The zero-order valence-corrected chi connectivity index (χ0v) is 12.8. The van der Waals surface area contributed by atoms with E-state index in [9.17, 15) is 17.2 Å². The Morgan fingerprint density at radius 3 is 2.43 bits per heavy atom. The van der Waals surface area contributed by atoms with Crippen LogP contribution in [0.5, 0.6) is 0 Å². The molecule has 0 atom stereocenters. The third-order valence-corrected chi connectivity index (χ3v) is 5.24. The lowest BCUT2D eigenvalue weighted by atomic mass is 10.2. The molecule has 1 aliphatic carbocycles. The summed E-state index contributed by atoms with van der Waals surface area (Å²) < 4.78 is 54.0. The average Bonchev–Trinajstić information content (AvgIpc) is 3.22. The molecule has 1 N–H and O–H groups in total. The van der Waals surface area contributed by atoms with Crippen LogP contribution in [0.4, 0.5) is 8.78 Å². The molecule has 0 unspecified atom stereocenters. The van der Waals surface area contributed by atoms with Crippen molar-refractivity contribution in [1.29, 1.82) is 0 Å². The first kappa shape index (κ1) is 16.3. The van der Waals surface area contributed by atoms with Gasteiger partial charge in [0, 0.05) is 12.6 Å². The van der Waals surface area contributed by atoms with Crippen LogP contribution in [0.25, 0.3) is 0 Å². The fraction of sp³-hybridized carbons (Fsp3) is 0.571. The third-order valence-electron chi connectivity index (χ3n) is 3.32. The van der Waals surface area contributed by atoms with E-state index in [0.717, 1.165) is 25.0 Å². The maximum Gasteiger partial charge on any atom is 0.246 e. The summed E-state index contributed by atoms with van der Waals surface area (Å²) in [4.78, 5) is -0.695. The molecule has 2 rings (SSSR count). The lowest BCUT2D eigenvalue weighted by molar-refractivity contribution is 0.280. The van der Waals surface area contributed by atoms with Gasteiger partial charge in [-0.3, -0.25) is 0 Å². The van der Waals surface area contributed by atoms with E-state index in [-0.39, 0.29) is 24.1 Å². The SMILES string of the molecule is CC(C)CN(C1CC1)S(=O)(=O)c1cc(CO)cc(F)c1F. The van der Waals surface area contributed by atoms with Crippen molar-refractivity contribution < 1.29 is 22.3 Å².